The van der Waals surface area contributed by atoms with Gasteiger partial charge in [-0.15, -0.1) is 0 Å². The normalized spacial score (nSPS) is 21.8. The lowest BCUT2D eigenvalue weighted by Gasteiger charge is -2.21. The van der Waals surface area contributed by atoms with Crippen LogP contribution in [0, 0.1) is 5.82 Å². The SMILES string of the molecule is CC(=O)C(=O)NC1CCOc2c(F)cccc2C1O. The van der Waals surface area contributed by atoms with E-state index < -0.39 is 29.7 Å². The quantitative estimate of drug-likeness (QED) is 0.774. The molecule has 1 aromatic rings. The number of carbonyl (C=O) groups excluding carboxylic acids is 2. The summed E-state index contributed by atoms with van der Waals surface area (Å²) in [6.45, 7) is 1.29. The molecule has 1 aromatic carbocycles. The van der Waals surface area contributed by atoms with Crippen LogP contribution in [-0.4, -0.2) is 29.4 Å². The van der Waals surface area contributed by atoms with Crippen molar-refractivity contribution < 1.29 is 23.8 Å². The molecule has 0 fully saturated rings. The van der Waals surface area contributed by atoms with Crippen molar-refractivity contribution in [1.82, 2.24) is 5.32 Å². The number of aliphatic hydroxyl groups excluding tert-OH is 1. The lowest BCUT2D eigenvalue weighted by Crippen LogP contribution is -2.42. The Kier molecular flexibility index (Phi) is 3.80. The molecule has 1 aliphatic rings. The maximum atomic E-state index is 13.6. The van der Waals surface area contributed by atoms with Gasteiger partial charge in [0.2, 0.25) is 5.78 Å². The van der Waals surface area contributed by atoms with Gasteiger partial charge in [-0.1, -0.05) is 12.1 Å². The Morgan fingerprint density at radius 3 is 2.89 bits per heavy atom. The number of hydrogen-bond donors (Lipinski definition) is 2. The molecule has 2 atom stereocenters. The Balaban J connectivity index is 2.26. The summed E-state index contributed by atoms with van der Waals surface area (Å²) in [5.41, 5.74) is 0.270. The topological polar surface area (TPSA) is 75.6 Å². The number of Topliss-reactive ketones (excluding diaryl/α,β-unsaturated/α-hetero) is 1. The van der Waals surface area contributed by atoms with Gasteiger partial charge in [0.05, 0.1) is 12.6 Å². The number of carbonyl (C=O) groups is 2. The molecule has 1 amide bonds. The first kappa shape index (κ1) is 13.5. The number of para-hydroxylation sites is 1. The molecule has 1 heterocycles. The number of hydrogen-bond acceptors (Lipinski definition) is 4. The van der Waals surface area contributed by atoms with E-state index in [4.69, 9.17) is 4.74 Å². The molecular formula is C13H14FNO4. The van der Waals surface area contributed by atoms with E-state index in [1.54, 1.807) is 0 Å². The van der Waals surface area contributed by atoms with Gasteiger partial charge in [0.15, 0.2) is 11.6 Å². The van der Waals surface area contributed by atoms with Crippen LogP contribution in [0.1, 0.15) is 25.0 Å². The molecule has 0 aromatic heterocycles. The second-order valence-corrected chi connectivity index (χ2v) is 4.38. The zero-order valence-electron chi connectivity index (χ0n) is 10.4. The number of ether oxygens (including phenoxy) is 1. The largest absolute Gasteiger partial charge is 0.490 e. The summed E-state index contributed by atoms with van der Waals surface area (Å²) in [7, 11) is 0. The fourth-order valence-corrected chi connectivity index (χ4v) is 1.99. The van der Waals surface area contributed by atoms with Crippen molar-refractivity contribution in [2.24, 2.45) is 0 Å². The molecule has 0 radical (unpaired) electrons. The smallest absolute Gasteiger partial charge is 0.287 e. The van der Waals surface area contributed by atoms with E-state index in [0.29, 0.717) is 0 Å². The number of aliphatic hydroxyl groups is 1. The first-order chi connectivity index (χ1) is 9.00. The highest BCUT2D eigenvalue weighted by Gasteiger charge is 2.30. The highest BCUT2D eigenvalue weighted by atomic mass is 19.1. The van der Waals surface area contributed by atoms with Gasteiger partial charge in [0.1, 0.15) is 6.10 Å². The second-order valence-electron chi connectivity index (χ2n) is 4.38. The molecule has 6 heteroatoms. The number of fused-ring (bicyclic) bond motifs is 1. The number of halogens is 1. The highest BCUT2D eigenvalue weighted by molar-refractivity contribution is 6.35. The van der Waals surface area contributed by atoms with Crippen molar-refractivity contribution in [1.29, 1.82) is 0 Å². The summed E-state index contributed by atoms with van der Waals surface area (Å²) in [4.78, 5) is 22.3. The zero-order valence-corrected chi connectivity index (χ0v) is 10.4. The van der Waals surface area contributed by atoms with Crippen LogP contribution in [0.5, 0.6) is 5.75 Å². The number of nitrogens with one attached hydrogen (secondary N) is 1. The number of amides is 1. The minimum absolute atomic E-state index is 0.00502. The minimum atomic E-state index is -1.11. The summed E-state index contributed by atoms with van der Waals surface area (Å²) in [6, 6.07) is 3.54. The first-order valence-corrected chi connectivity index (χ1v) is 5.91. The molecular weight excluding hydrogens is 253 g/mol. The van der Waals surface area contributed by atoms with Crippen LogP contribution in [0.4, 0.5) is 4.39 Å². The van der Waals surface area contributed by atoms with Gasteiger partial charge in [-0.2, -0.15) is 0 Å². The van der Waals surface area contributed by atoms with Crippen LogP contribution >= 0.6 is 0 Å². The predicted molar refractivity (Wildman–Crippen MR) is 64.1 cm³/mol. The van der Waals surface area contributed by atoms with Gasteiger partial charge < -0.3 is 15.2 Å². The van der Waals surface area contributed by atoms with Crippen molar-refractivity contribution in [3.63, 3.8) is 0 Å². The molecule has 0 saturated heterocycles. The number of ketones is 1. The fraction of sp³-hybridized carbons (Fsp3) is 0.385. The van der Waals surface area contributed by atoms with Crippen LogP contribution in [0.25, 0.3) is 0 Å². The van der Waals surface area contributed by atoms with Gasteiger partial charge >= 0.3 is 0 Å². The van der Waals surface area contributed by atoms with Gasteiger partial charge in [0, 0.05) is 18.9 Å². The second kappa shape index (κ2) is 5.36. The standard InChI is InChI=1S/C13H14FNO4/c1-7(16)13(18)15-10-5-6-19-12-8(11(10)17)3-2-4-9(12)14/h2-4,10-11,17H,5-6H2,1H3,(H,15,18). The monoisotopic (exact) mass is 267 g/mol. The minimum Gasteiger partial charge on any atom is -0.490 e. The Hall–Kier alpha value is -1.95. The molecule has 0 aliphatic carbocycles. The van der Waals surface area contributed by atoms with E-state index in [1.165, 1.54) is 18.2 Å². The lowest BCUT2D eigenvalue weighted by atomic mass is 10.00. The van der Waals surface area contributed by atoms with Crippen molar-refractivity contribution in [3.8, 4) is 5.75 Å². The maximum Gasteiger partial charge on any atom is 0.287 e. The summed E-state index contributed by atoms with van der Waals surface area (Å²) < 4.78 is 18.8. The van der Waals surface area contributed by atoms with Gasteiger partial charge in [0.25, 0.3) is 5.91 Å². The van der Waals surface area contributed by atoms with E-state index in [-0.39, 0.29) is 24.3 Å². The maximum absolute atomic E-state index is 13.6. The molecule has 0 saturated carbocycles. The van der Waals surface area contributed by atoms with Crippen molar-refractivity contribution in [3.05, 3.63) is 29.6 Å². The van der Waals surface area contributed by atoms with E-state index in [9.17, 15) is 19.1 Å². The molecule has 2 rings (SSSR count). The van der Waals surface area contributed by atoms with Crippen LogP contribution < -0.4 is 10.1 Å². The third-order valence-corrected chi connectivity index (χ3v) is 3.01. The molecule has 0 spiro atoms. The van der Waals surface area contributed by atoms with E-state index in [1.807, 2.05) is 0 Å². The van der Waals surface area contributed by atoms with Crippen molar-refractivity contribution >= 4 is 11.7 Å². The summed E-state index contributed by atoms with van der Waals surface area (Å²) in [5, 5.41) is 12.6. The van der Waals surface area contributed by atoms with E-state index >= 15 is 0 Å². The van der Waals surface area contributed by atoms with Crippen LogP contribution in [-0.2, 0) is 9.59 Å². The Bertz CT molecular complexity index is 517. The Morgan fingerprint density at radius 2 is 2.21 bits per heavy atom. The van der Waals surface area contributed by atoms with Crippen molar-refractivity contribution in [2.45, 2.75) is 25.5 Å². The molecule has 102 valence electrons. The average molecular weight is 267 g/mol. The third-order valence-electron chi connectivity index (χ3n) is 3.01. The Labute approximate surface area is 109 Å². The molecule has 5 nitrogen and oxygen atoms in total. The molecule has 0 bridgehead atoms. The predicted octanol–water partition coefficient (Wildman–Crippen LogP) is 0.715. The zero-order chi connectivity index (χ0) is 14.0. The third kappa shape index (κ3) is 2.73. The van der Waals surface area contributed by atoms with Gasteiger partial charge in [-0.25, -0.2) is 4.39 Å². The van der Waals surface area contributed by atoms with Crippen LogP contribution in [0.3, 0.4) is 0 Å². The van der Waals surface area contributed by atoms with E-state index in [2.05, 4.69) is 5.32 Å². The highest BCUT2D eigenvalue weighted by Crippen LogP contribution is 2.33. The Morgan fingerprint density at radius 1 is 1.47 bits per heavy atom. The summed E-state index contributed by atoms with van der Waals surface area (Å²) >= 11 is 0. The van der Waals surface area contributed by atoms with E-state index in [0.717, 1.165) is 6.92 Å². The number of rotatable bonds is 2. The molecule has 19 heavy (non-hydrogen) atoms. The lowest BCUT2D eigenvalue weighted by molar-refractivity contribution is -0.137. The summed E-state index contributed by atoms with van der Waals surface area (Å²) in [5.74, 6) is -1.98. The first-order valence-electron chi connectivity index (χ1n) is 5.91. The van der Waals surface area contributed by atoms with Gasteiger partial charge in [-0.3, -0.25) is 9.59 Å². The van der Waals surface area contributed by atoms with Crippen LogP contribution in [0.15, 0.2) is 18.2 Å². The van der Waals surface area contributed by atoms with Crippen LogP contribution in [0.2, 0.25) is 0 Å². The molecule has 1 aliphatic heterocycles. The molecule has 2 N–H and O–H groups in total. The van der Waals surface area contributed by atoms with Crippen molar-refractivity contribution in [2.75, 3.05) is 6.61 Å². The fourth-order valence-electron chi connectivity index (χ4n) is 1.99. The average Bonchev–Trinajstić information content (AvgIpc) is 2.52. The molecule has 2 unspecified atom stereocenters. The van der Waals surface area contributed by atoms with Gasteiger partial charge in [-0.05, 0) is 6.07 Å². The summed E-state index contributed by atoms with van der Waals surface area (Å²) in [6.07, 6.45) is -0.828. The number of benzene rings is 1.